The molecular weight excluding hydrogens is 268 g/mol. The minimum absolute atomic E-state index is 0.0437. The fraction of sp³-hybridized carbons (Fsp3) is 0.375. The highest BCUT2D eigenvalue weighted by atomic mass is 79.9. The Bertz CT molecular complexity index is 303. The van der Waals surface area contributed by atoms with Gasteiger partial charge >= 0.3 is 6.03 Å². The number of urea groups is 1. The van der Waals surface area contributed by atoms with Crippen molar-refractivity contribution in [1.82, 2.24) is 10.6 Å². The van der Waals surface area contributed by atoms with E-state index in [0.29, 0.717) is 6.54 Å². The standard InChI is InChI=1S/C8H11BrN2O2S/c9-6-3-7(14-5-6)4-11-8(13)10-1-2-12/h3,5,12H,1-2,4H2,(H2,10,11,13). The highest BCUT2D eigenvalue weighted by Crippen LogP contribution is 2.19. The Balaban J connectivity index is 2.23. The van der Waals surface area contributed by atoms with Crippen molar-refractivity contribution >= 4 is 33.3 Å². The molecule has 3 N–H and O–H groups in total. The van der Waals surface area contributed by atoms with Gasteiger partial charge in [0, 0.05) is 21.3 Å². The van der Waals surface area contributed by atoms with Crippen LogP contribution in [0.3, 0.4) is 0 Å². The maximum absolute atomic E-state index is 11.0. The van der Waals surface area contributed by atoms with Crippen LogP contribution < -0.4 is 10.6 Å². The van der Waals surface area contributed by atoms with Crippen LogP contribution in [0.1, 0.15) is 4.88 Å². The molecule has 1 rings (SSSR count). The van der Waals surface area contributed by atoms with Gasteiger partial charge in [0.25, 0.3) is 0 Å². The van der Waals surface area contributed by atoms with E-state index in [2.05, 4.69) is 26.6 Å². The minimum Gasteiger partial charge on any atom is -0.395 e. The number of hydrogen-bond donors (Lipinski definition) is 3. The van der Waals surface area contributed by atoms with E-state index in [1.807, 2.05) is 11.4 Å². The van der Waals surface area contributed by atoms with E-state index >= 15 is 0 Å². The molecule has 0 radical (unpaired) electrons. The zero-order valence-electron chi connectivity index (χ0n) is 7.42. The lowest BCUT2D eigenvalue weighted by atomic mass is 10.5. The van der Waals surface area contributed by atoms with Crippen molar-refractivity contribution in [1.29, 1.82) is 0 Å². The van der Waals surface area contributed by atoms with Crippen LogP contribution in [0, 0.1) is 0 Å². The number of hydrogen-bond acceptors (Lipinski definition) is 3. The van der Waals surface area contributed by atoms with E-state index in [9.17, 15) is 4.79 Å². The van der Waals surface area contributed by atoms with Crippen LogP contribution >= 0.6 is 27.3 Å². The van der Waals surface area contributed by atoms with Gasteiger partial charge in [-0.15, -0.1) is 11.3 Å². The van der Waals surface area contributed by atoms with Gasteiger partial charge in [0.05, 0.1) is 13.2 Å². The average Bonchev–Trinajstić information content (AvgIpc) is 2.58. The first-order valence-electron chi connectivity index (χ1n) is 4.08. The van der Waals surface area contributed by atoms with Crippen LogP contribution in [0.4, 0.5) is 4.79 Å². The molecule has 1 aromatic heterocycles. The summed E-state index contributed by atoms with van der Waals surface area (Å²) in [4.78, 5) is 12.1. The van der Waals surface area contributed by atoms with Crippen LogP contribution in [0.15, 0.2) is 15.9 Å². The van der Waals surface area contributed by atoms with Crippen molar-refractivity contribution in [3.05, 3.63) is 20.8 Å². The summed E-state index contributed by atoms with van der Waals surface area (Å²) in [6, 6.07) is 1.69. The predicted octanol–water partition coefficient (Wildman–Crippen LogP) is 1.30. The smallest absolute Gasteiger partial charge is 0.315 e. The van der Waals surface area contributed by atoms with Crippen molar-refractivity contribution in [2.75, 3.05) is 13.2 Å². The maximum atomic E-state index is 11.0. The Hall–Kier alpha value is -0.590. The first kappa shape index (κ1) is 11.5. The second kappa shape index (κ2) is 6.00. The lowest BCUT2D eigenvalue weighted by Crippen LogP contribution is -2.36. The lowest BCUT2D eigenvalue weighted by molar-refractivity contribution is 0.234. The third kappa shape index (κ3) is 4.08. The number of halogens is 1. The van der Waals surface area contributed by atoms with Gasteiger partial charge in [-0.2, -0.15) is 0 Å². The second-order valence-electron chi connectivity index (χ2n) is 2.56. The summed E-state index contributed by atoms with van der Waals surface area (Å²) in [5.74, 6) is 0. The largest absolute Gasteiger partial charge is 0.395 e. The van der Waals surface area contributed by atoms with Crippen LogP contribution in [-0.2, 0) is 6.54 Å². The third-order valence-corrected chi connectivity index (χ3v) is 3.14. The van der Waals surface area contributed by atoms with Crippen molar-refractivity contribution in [3.8, 4) is 0 Å². The van der Waals surface area contributed by atoms with Gasteiger partial charge in [-0.05, 0) is 22.0 Å². The quantitative estimate of drug-likeness (QED) is 0.778. The normalized spacial score (nSPS) is 9.86. The Morgan fingerprint density at radius 3 is 2.93 bits per heavy atom. The summed E-state index contributed by atoms with van der Waals surface area (Å²) < 4.78 is 1.02. The van der Waals surface area contributed by atoms with E-state index in [1.165, 1.54) is 0 Å². The second-order valence-corrected chi connectivity index (χ2v) is 4.48. The Morgan fingerprint density at radius 1 is 1.57 bits per heavy atom. The van der Waals surface area contributed by atoms with Crippen molar-refractivity contribution in [3.63, 3.8) is 0 Å². The summed E-state index contributed by atoms with van der Waals surface area (Å²) in [5, 5.41) is 15.6. The predicted molar refractivity (Wildman–Crippen MR) is 59.3 cm³/mol. The van der Waals surface area contributed by atoms with Gasteiger partial charge in [-0.25, -0.2) is 4.79 Å². The van der Waals surface area contributed by atoms with Crippen LogP contribution in [0.5, 0.6) is 0 Å². The zero-order valence-corrected chi connectivity index (χ0v) is 9.82. The molecule has 0 aliphatic heterocycles. The molecule has 6 heteroatoms. The van der Waals surface area contributed by atoms with Gasteiger partial charge in [0.15, 0.2) is 0 Å². The van der Waals surface area contributed by atoms with Gasteiger partial charge in [-0.1, -0.05) is 0 Å². The van der Waals surface area contributed by atoms with E-state index in [4.69, 9.17) is 5.11 Å². The van der Waals surface area contributed by atoms with Gasteiger partial charge in [-0.3, -0.25) is 0 Å². The molecule has 0 aliphatic carbocycles. The number of aliphatic hydroxyl groups excluding tert-OH is 1. The van der Waals surface area contributed by atoms with Crippen LogP contribution in [-0.4, -0.2) is 24.3 Å². The van der Waals surface area contributed by atoms with Crippen LogP contribution in [0.25, 0.3) is 0 Å². The average molecular weight is 279 g/mol. The molecular formula is C8H11BrN2O2S. The molecule has 0 spiro atoms. The molecule has 0 aromatic carbocycles. The number of thiophene rings is 1. The number of amides is 2. The first-order chi connectivity index (χ1) is 6.72. The van der Waals surface area contributed by atoms with Crippen LogP contribution in [0.2, 0.25) is 0 Å². The summed E-state index contributed by atoms with van der Waals surface area (Å²) in [6.07, 6.45) is 0. The summed E-state index contributed by atoms with van der Waals surface area (Å²) in [5.41, 5.74) is 0. The van der Waals surface area contributed by atoms with Crippen molar-refractivity contribution in [2.24, 2.45) is 0 Å². The molecule has 0 bridgehead atoms. The van der Waals surface area contributed by atoms with E-state index < -0.39 is 0 Å². The van der Waals surface area contributed by atoms with Crippen molar-refractivity contribution < 1.29 is 9.90 Å². The fourth-order valence-electron chi connectivity index (χ4n) is 0.846. The molecule has 78 valence electrons. The molecule has 0 saturated heterocycles. The summed E-state index contributed by atoms with van der Waals surface area (Å²) in [6.45, 7) is 0.742. The fourth-order valence-corrected chi connectivity index (χ4v) is 2.24. The molecule has 1 heterocycles. The number of nitrogens with one attached hydrogen (secondary N) is 2. The molecule has 2 amide bonds. The summed E-state index contributed by atoms with van der Waals surface area (Å²) >= 11 is 4.91. The minimum atomic E-state index is -0.261. The zero-order chi connectivity index (χ0) is 10.4. The SMILES string of the molecule is O=C(NCCO)NCc1cc(Br)cs1. The number of carbonyl (C=O) groups is 1. The third-order valence-electron chi connectivity index (χ3n) is 1.44. The molecule has 0 fully saturated rings. The Morgan fingerprint density at radius 2 is 2.36 bits per heavy atom. The molecule has 0 unspecified atom stereocenters. The molecule has 0 aliphatic rings. The topological polar surface area (TPSA) is 61.4 Å². The molecule has 14 heavy (non-hydrogen) atoms. The van der Waals surface area contributed by atoms with E-state index in [0.717, 1.165) is 9.35 Å². The van der Waals surface area contributed by atoms with E-state index in [-0.39, 0.29) is 19.2 Å². The molecule has 0 saturated carbocycles. The van der Waals surface area contributed by atoms with Crippen molar-refractivity contribution in [2.45, 2.75) is 6.54 Å². The molecule has 1 aromatic rings. The Kier molecular flexibility index (Phi) is 4.92. The van der Waals surface area contributed by atoms with Gasteiger partial charge in [0.2, 0.25) is 0 Å². The molecule has 0 atom stereocenters. The maximum Gasteiger partial charge on any atom is 0.315 e. The van der Waals surface area contributed by atoms with E-state index in [1.54, 1.807) is 11.3 Å². The highest BCUT2D eigenvalue weighted by Gasteiger charge is 2.00. The van der Waals surface area contributed by atoms with Gasteiger partial charge in [0.1, 0.15) is 0 Å². The number of aliphatic hydroxyl groups is 1. The monoisotopic (exact) mass is 278 g/mol. The summed E-state index contributed by atoms with van der Waals surface area (Å²) in [7, 11) is 0. The molecule has 4 nitrogen and oxygen atoms in total. The highest BCUT2D eigenvalue weighted by molar-refractivity contribution is 9.10. The Labute approximate surface area is 94.5 Å². The number of carbonyl (C=O) groups excluding carboxylic acids is 1. The lowest BCUT2D eigenvalue weighted by Gasteiger charge is -2.04. The van der Waals surface area contributed by atoms with Gasteiger partial charge < -0.3 is 15.7 Å². The number of rotatable bonds is 4. The first-order valence-corrected chi connectivity index (χ1v) is 5.75.